The number of amides is 1. The van der Waals surface area contributed by atoms with Crippen LogP contribution >= 0.6 is 0 Å². The van der Waals surface area contributed by atoms with E-state index in [0.717, 1.165) is 38.5 Å². The smallest absolute Gasteiger partial charge is 0.305 e. The molecule has 2 atom stereocenters. The number of carbonyl (C=O) groups excluding carboxylic acids is 2. The fourth-order valence-electron chi connectivity index (χ4n) is 11.3. The first kappa shape index (κ1) is 76.3. The van der Waals surface area contributed by atoms with Crippen LogP contribution in [0.15, 0.2) is 24.3 Å². The van der Waals surface area contributed by atoms with Crippen LogP contribution < -0.4 is 5.32 Å². The number of unbranched alkanes of at least 4 members (excludes halogenated alkanes) is 54. The summed E-state index contributed by atoms with van der Waals surface area (Å²) in [5, 5.41) is 23.2. The van der Waals surface area contributed by atoms with Gasteiger partial charge in [-0.1, -0.05) is 353 Å². The molecule has 0 aliphatic carbocycles. The molecule has 0 aromatic carbocycles. The fraction of sp³-hybridized carbons (Fsp3) is 0.917. The Hall–Kier alpha value is -1.66. The van der Waals surface area contributed by atoms with Gasteiger partial charge < -0.3 is 20.3 Å². The molecule has 6 heteroatoms. The summed E-state index contributed by atoms with van der Waals surface area (Å²) in [5.74, 6) is -0.0467. The van der Waals surface area contributed by atoms with E-state index < -0.39 is 12.1 Å². The molecule has 1 amide bonds. The number of hydrogen-bond acceptors (Lipinski definition) is 5. The molecule has 0 fully saturated rings. The molecule has 78 heavy (non-hydrogen) atoms. The van der Waals surface area contributed by atoms with Crippen LogP contribution in [0.25, 0.3) is 0 Å². The van der Waals surface area contributed by atoms with Crippen molar-refractivity contribution in [1.29, 1.82) is 0 Å². The van der Waals surface area contributed by atoms with Gasteiger partial charge in [0.25, 0.3) is 0 Å². The maximum atomic E-state index is 12.5. The second-order valence-electron chi connectivity index (χ2n) is 24.6. The molecule has 0 rings (SSSR count). The SMILES string of the molecule is CCCCCCCC/C=C\CCCCCCCCCCCC(=O)OCCCCCCCCCCCCCCCCCCCCCCCCCCCC(=O)NC(CO)C(O)/C=C/CCCCCCCCCCCCCCCCC. The molecule has 0 heterocycles. The van der Waals surface area contributed by atoms with E-state index in [1.165, 1.54) is 334 Å². The lowest BCUT2D eigenvalue weighted by atomic mass is 10.0. The average molecular weight is 1100 g/mol. The molecule has 0 radical (unpaired) electrons. The van der Waals surface area contributed by atoms with Crippen LogP contribution in [0.3, 0.4) is 0 Å². The van der Waals surface area contributed by atoms with Gasteiger partial charge in [0.2, 0.25) is 5.91 Å². The van der Waals surface area contributed by atoms with E-state index in [4.69, 9.17) is 4.74 Å². The van der Waals surface area contributed by atoms with Crippen LogP contribution in [0.1, 0.15) is 399 Å². The zero-order valence-electron chi connectivity index (χ0n) is 52.9. The largest absolute Gasteiger partial charge is 0.466 e. The molecule has 0 saturated carbocycles. The Balaban J connectivity index is 3.36. The Labute approximate surface area is 488 Å². The van der Waals surface area contributed by atoms with Gasteiger partial charge in [0.05, 0.1) is 25.4 Å². The van der Waals surface area contributed by atoms with Crippen molar-refractivity contribution in [3.63, 3.8) is 0 Å². The highest BCUT2D eigenvalue weighted by molar-refractivity contribution is 5.76. The minimum absolute atomic E-state index is 0.0164. The van der Waals surface area contributed by atoms with E-state index in [-0.39, 0.29) is 18.5 Å². The van der Waals surface area contributed by atoms with Gasteiger partial charge in [0.1, 0.15) is 0 Å². The second kappa shape index (κ2) is 67.8. The fourth-order valence-corrected chi connectivity index (χ4v) is 11.3. The van der Waals surface area contributed by atoms with Crippen molar-refractivity contribution >= 4 is 11.9 Å². The van der Waals surface area contributed by atoms with Crippen molar-refractivity contribution < 1.29 is 24.5 Å². The topological polar surface area (TPSA) is 95.9 Å². The number of ether oxygens (including phenoxy) is 1. The minimum atomic E-state index is -0.843. The average Bonchev–Trinajstić information content (AvgIpc) is 3.44. The Bertz CT molecular complexity index is 1220. The normalized spacial score (nSPS) is 12.6. The van der Waals surface area contributed by atoms with Gasteiger partial charge in [-0.3, -0.25) is 9.59 Å². The van der Waals surface area contributed by atoms with Crippen LogP contribution in [0.4, 0.5) is 0 Å². The van der Waals surface area contributed by atoms with E-state index in [9.17, 15) is 19.8 Å². The second-order valence-corrected chi connectivity index (χ2v) is 24.6. The van der Waals surface area contributed by atoms with Crippen LogP contribution in [0, 0.1) is 0 Å². The van der Waals surface area contributed by atoms with Gasteiger partial charge in [-0.15, -0.1) is 0 Å². The summed E-state index contributed by atoms with van der Waals surface area (Å²) in [6.07, 6.45) is 85.4. The standard InChI is InChI=1S/C72H139NO5/c1-3-5-7-9-11-13-15-17-19-21-29-34-38-42-46-50-54-58-62-66-72(77)78-67-63-59-55-51-47-43-39-35-31-28-26-24-22-23-25-27-30-33-37-41-45-49-53-57-61-65-71(76)73-69(68-74)70(75)64-60-56-52-48-44-40-36-32-20-18-16-14-12-10-8-6-4-2/h17,19,60,64,69-70,74-75H,3-16,18,20-59,61-63,65-68H2,1-2H3,(H,73,76)/b19-17-,64-60+. The van der Waals surface area contributed by atoms with Gasteiger partial charge in [-0.25, -0.2) is 0 Å². The van der Waals surface area contributed by atoms with E-state index in [0.29, 0.717) is 19.4 Å². The Morgan fingerprint density at radius 1 is 0.346 bits per heavy atom. The predicted molar refractivity (Wildman–Crippen MR) is 343 cm³/mol. The number of allylic oxidation sites excluding steroid dienone is 3. The molecule has 0 spiro atoms. The molecule has 0 bridgehead atoms. The van der Waals surface area contributed by atoms with E-state index in [2.05, 4.69) is 31.3 Å². The number of rotatable bonds is 67. The quantitative estimate of drug-likeness (QED) is 0.0320. The number of hydrogen-bond donors (Lipinski definition) is 3. The zero-order valence-corrected chi connectivity index (χ0v) is 52.9. The van der Waals surface area contributed by atoms with Crippen LogP contribution in [-0.2, 0) is 14.3 Å². The maximum Gasteiger partial charge on any atom is 0.305 e. The zero-order chi connectivity index (χ0) is 56.4. The highest BCUT2D eigenvalue weighted by atomic mass is 16.5. The molecule has 2 unspecified atom stereocenters. The Morgan fingerprint density at radius 3 is 0.910 bits per heavy atom. The van der Waals surface area contributed by atoms with Crippen LogP contribution in [-0.4, -0.2) is 47.4 Å². The number of esters is 1. The van der Waals surface area contributed by atoms with Crippen molar-refractivity contribution in [2.24, 2.45) is 0 Å². The Morgan fingerprint density at radius 2 is 0.603 bits per heavy atom. The van der Waals surface area contributed by atoms with Crippen molar-refractivity contribution in [1.82, 2.24) is 5.32 Å². The summed E-state index contributed by atoms with van der Waals surface area (Å²) in [4.78, 5) is 24.6. The van der Waals surface area contributed by atoms with Crippen LogP contribution in [0.5, 0.6) is 0 Å². The molecule has 0 aliphatic heterocycles. The summed E-state index contributed by atoms with van der Waals surface area (Å²) in [7, 11) is 0. The molecule has 6 nitrogen and oxygen atoms in total. The number of carbonyl (C=O) groups is 2. The van der Waals surface area contributed by atoms with E-state index >= 15 is 0 Å². The molecule has 3 N–H and O–H groups in total. The monoisotopic (exact) mass is 1100 g/mol. The maximum absolute atomic E-state index is 12.5. The molecule has 0 aromatic rings. The molecular weight excluding hydrogens is 959 g/mol. The van der Waals surface area contributed by atoms with Crippen molar-refractivity contribution in [3.05, 3.63) is 24.3 Å². The third-order valence-corrected chi connectivity index (χ3v) is 16.7. The predicted octanol–water partition coefficient (Wildman–Crippen LogP) is 22.9. The molecule has 0 aromatic heterocycles. The van der Waals surface area contributed by atoms with Gasteiger partial charge in [0.15, 0.2) is 0 Å². The molecule has 462 valence electrons. The summed E-state index contributed by atoms with van der Waals surface area (Å²) in [5.41, 5.74) is 0. The third kappa shape index (κ3) is 63.5. The number of aliphatic hydroxyl groups is 2. The minimum Gasteiger partial charge on any atom is -0.466 e. The number of nitrogens with one attached hydrogen (secondary N) is 1. The van der Waals surface area contributed by atoms with Crippen molar-refractivity contribution in [2.75, 3.05) is 13.2 Å². The van der Waals surface area contributed by atoms with Crippen molar-refractivity contribution in [3.8, 4) is 0 Å². The highest BCUT2D eigenvalue weighted by Crippen LogP contribution is 2.19. The lowest BCUT2D eigenvalue weighted by Gasteiger charge is -2.20. The van der Waals surface area contributed by atoms with Gasteiger partial charge in [-0.2, -0.15) is 0 Å². The highest BCUT2D eigenvalue weighted by Gasteiger charge is 2.18. The lowest BCUT2D eigenvalue weighted by Crippen LogP contribution is -2.45. The summed E-state index contributed by atoms with van der Waals surface area (Å²) in [6.45, 7) is 4.94. The number of aliphatic hydroxyl groups excluding tert-OH is 2. The third-order valence-electron chi connectivity index (χ3n) is 16.7. The van der Waals surface area contributed by atoms with Crippen LogP contribution in [0.2, 0.25) is 0 Å². The first-order valence-electron chi connectivity index (χ1n) is 35.6. The van der Waals surface area contributed by atoms with Gasteiger partial charge in [-0.05, 0) is 57.8 Å². The van der Waals surface area contributed by atoms with E-state index in [1.807, 2.05) is 6.08 Å². The molecule has 0 aliphatic rings. The lowest BCUT2D eigenvalue weighted by molar-refractivity contribution is -0.143. The summed E-state index contributed by atoms with van der Waals surface area (Å²) >= 11 is 0. The van der Waals surface area contributed by atoms with Gasteiger partial charge in [0, 0.05) is 12.8 Å². The first-order chi connectivity index (χ1) is 38.5. The summed E-state index contributed by atoms with van der Waals surface area (Å²) < 4.78 is 5.51. The van der Waals surface area contributed by atoms with Gasteiger partial charge >= 0.3 is 5.97 Å². The molecule has 0 saturated heterocycles. The molecular formula is C72H139NO5. The van der Waals surface area contributed by atoms with E-state index in [1.54, 1.807) is 6.08 Å². The van der Waals surface area contributed by atoms with Crippen molar-refractivity contribution in [2.45, 2.75) is 411 Å². The Kier molecular flexibility index (Phi) is 66.4. The first-order valence-corrected chi connectivity index (χ1v) is 35.6. The summed E-state index contributed by atoms with van der Waals surface area (Å²) in [6, 6.07) is -0.627.